The predicted molar refractivity (Wildman–Crippen MR) is 166 cm³/mol. The van der Waals surface area contributed by atoms with Crippen LogP contribution in [-0.4, -0.2) is 49.1 Å². The quantitative estimate of drug-likeness (QED) is 0.138. The van der Waals surface area contributed by atoms with Gasteiger partial charge < -0.3 is 20.5 Å². The third-order valence-electron chi connectivity index (χ3n) is 6.89. The highest BCUT2D eigenvalue weighted by Gasteiger charge is 2.32. The molecule has 0 spiro atoms. The van der Waals surface area contributed by atoms with Crippen LogP contribution in [0, 0.1) is 12.3 Å². The van der Waals surface area contributed by atoms with E-state index >= 15 is 0 Å². The summed E-state index contributed by atoms with van der Waals surface area (Å²) in [6.07, 6.45) is 4.78. The fraction of sp³-hybridized carbons (Fsp3) is 0.467. The lowest BCUT2D eigenvalue weighted by molar-refractivity contribution is -0.757. The molecule has 230 valence electrons. The SMILES string of the molecule is CCCn1nc(C)c(N)c1C[n+]1c(-c2c(CC(C)(C)C)ccc(Nc3nc(Cl)ncc3C(=O)OCC)c2OC)ncn1C. The van der Waals surface area contributed by atoms with Crippen molar-refractivity contribution >= 4 is 34.8 Å². The van der Waals surface area contributed by atoms with E-state index in [1.54, 1.807) is 20.4 Å². The van der Waals surface area contributed by atoms with Gasteiger partial charge in [-0.15, -0.1) is 4.68 Å². The van der Waals surface area contributed by atoms with E-state index in [-0.39, 0.29) is 28.7 Å². The van der Waals surface area contributed by atoms with Crippen LogP contribution in [0.2, 0.25) is 5.28 Å². The maximum atomic E-state index is 12.7. The second-order valence-electron chi connectivity index (χ2n) is 11.5. The fourth-order valence-electron chi connectivity index (χ4n) is 4.98. The number of halogens is 1. The Kier molecular flexibility index (Phi) is 9.59. The van der Waals surface area contributed by atoms with Crippen LogP contribution < -0.4 is 20.5 Å². The van der Waals surface area contributed by atoms with Crippen LogP contribution in [0.3, 0.4) is 0 Å². The summed E-state index contributed by atoms with van der Waals surface area (Å²) in [5, 5.41) is 7.90. The number of hydrogen-bond donors (Lipinski definition) is 2. The normalized spacial score (nSPS) is 11.6. The number of rotatable bonds is 11. The molecule has 0 aliphatic heterocycles. The minimum atomic E-state index is -0.565. The van der Waals surface area contributed by atoms with E-state index in [1.807, 2.05) is 35.5 Å². The van der Waals surface area contributed by atoms with Crippen molar-refractivity contribution in [2.75, 3.05) is 24.8 Å². The zero-order chi connectivity index (χ0) is 31.5. The number of carbonyl (C=O) groups excluding carboxylic acids is 1. The lowest BCUT2D eigenvalue weighted by Crippen LogP contribution is -2.45. The zero-order valence-electron chi connectivity index (χ0n) is 26.2. The molecule has 12 nitrogen and oxygen atoms in total. The van der Waals surface area contributed by atoms with Crippen LogP contribution in [0.25, 0.3) is 11.4 Å². The van der Waals surface area contributed by atoms with Crippen LogP contribution in [0.4, 0.5) is 17.2 Å². The molecule has 0 radical (unpaired) electrons. The first-order valence-electron chi connectivity index (χ1n) is 14.3. The van der Waals surface area contributed by atoms with Gasteiger partial charge in [0.2, 0.25) is 11.6 Å². The summed E-state index contributed by atoms with van der Waals surface area (Å²) in [5.74, 6) is 0.857. The second kappa shape index (κ2) is 13.0. The van der Waals surface area contributed by atoms with Crippen molar-refractivity contribution in [1.29, 1.82) is 0 Å². The first-order valence-corrected chi connectivity index (χ1v) is 14.7. The van der Waals surface area contributed by atoms with Gasteiger partial charge in [0.25, 0.3) is 0 Å². The summed E-state index contributed by atoms with van der Waals surface area (Å²) in [5.41, 5.74) is 11.4. The molecule has 0 bridgehead atoms. The van der Waals surface area contributed by atoms with Crippen LogP contribution in [0.15, 0.2) is 24.7 Å². The smallest absolute Gasteiger partial charge is 0.355 e. The van der Waals surface area contributed by atoms with Gasteiger partial charge in [0.15, 0.2) is 12.3 Å². The minimum Gasteiger partial charge on any atom is -0.494 e. The molecule has 0 unspecified atom stereocenters. The van der Waals surface area contributed by atoms with E-state index in [9.17, 15) is 4.79 Å². The van der Waals surface area contributed by atoms with Gasteiger partial charge in [-0.1, -0.05) is 33.8 Å². The van der Waals surface area contributed by atoms with Crippen molar-refractivity contribution < 1.29 is 19.0 Å². The standard InChI is InChI=1S/C30H40ClN9O3/c1-9-13-39-22(24(32)18(3)37-39)16-40-27(34-17-38(40)7)23-19(14-30(4,5)6)11-12-21(25(23)42-8)35-26-20(28(41)43-10-2)15-33-29(31)36-26/h11-12,15,17H,9-10,13-14,16,32H2,1-8H3/p+1. The number of methoxy groups -OCH3 is 1. The van der Waals surface area contributed by atoms with Crippen molar-refractivity contribution in [3.8, 4) is 17.1 Å². The van der Waals surface area contributed by atoms with E-state index in [4.69, 9.17) is 31.8 Å². The molecule has 43 heavy (non-hydrogen) atoms. The molecular weight excluding hydrogens is 570 g/mol. The molecule has 1 aromatic carbocycles. The molecule has 0 aliphatic carbocycles. The zero-order valence-corrected chi connectivity index (χ0v) is 26.9. The highest BCUT2D eigenvalue weighted by Crippen LogP contribution is 2.41. The number of anilines is 3. The van der Waals surface area contributed by atoms with Gasteiger partial charge in [0.05, 0.1) is 37.8 Å². The van der Waals surface area contributed by atoms with Crippen molar-refractivity contribution in [2.24, 2.45) is 12.5 Å². The topological polar surface area (TPSA) is 139 Å². The van der Waals surface area contributed by atoms with E-state index in [1.165, 1.54) is 6.20 Å². The number of nitrogens with zero attached hydrogens (tertiary/aromatic N) is 7. The Hall–Kier alpha value is -4.19. The predicted octanol–water partition coefficient (Wildman–Crippen LogP) is 4.88. The summed E-state index contributed by atoms with van der Waals surface area (Å²) in [6.45, 7) is 13.7. The van der Waals surface area contributed by atoms with Gasteiger partial charge in [-0.05, 0) is 60.3 Å². The van der Waals surface area contributed by atoms with E-state index in [0.29, 0.717) is 29.5 Å². The Balaban J connectivity index is 1.91. The summed E-state index contributed by atoms with van der Waals surface area (Å²) in [6, 6.07) is 3.94. The molecule has 3 N–H and O–H groups in total. The Morgan fingerprint density at radius 2 is 1.95 bits per heavy atom. The molecule has 0 aliphatic rings. The van der Waals surface area contributed by atoms with Gasteiger partial charge >= 0.3 is 11.8 Å². The first kappa shape index (κ1) is 31.7. The molecule has 3 heterocycles. The largest absolute Gasteiger partial charge is 0.494 e. The van der Waals surface area contributed by atoms with Crippen LogP contribution >= 0.6 is 11.6 Å². The van der Waals surface area contributed by atoms with Crippen molar-refractivity contribution in [3.63, 3.8) is 0 Å². The summed E-state index contributed by atoms with van der Waals surface area (Å²) < 4.78 is 17.2. The molecule has 0 fully saturated rings. The molecule has 0 amide bonds. The number of hydrogen-bond acceptors (Lipinski definition) is 9. The van der Waals surface area contributed by atoms with Crippen molar-refractivity contribution in [2.45, 2.75) is 67.5 Å². The summed E-state index contributed by atoms with van der Waals surface area (Å²) in [7, 11) is 3.54. The van der Waals surface area contributed by atoms with E-state index in [2.05, 4.69) is 52.8 Å². The highest BCUT2D eigenvalue weighted by molar-refractivity contribution is 6.28. The van der Waals surface area contributed by atoms with Crippen molar-refractivity contribution in [1.82, 2.24) is 29.4 Å². The number of nitrogens with two attached hydrogens (primary N) is 1. The van der Waals surface area contributed by atoms with E-state index < -0.39 is 5.97 Å². The van der Waals surface area contributed by atoms with Gasteiger partial charge in [0.1, 0.15) is 22.6 Å². The molecule has 13 heteroatoms. The van der Waals surface area contributed by atoms with Gasteiger partial charge in [-0.25, -0.2) is 9.78 Å². The number of esters is 1. The molecule has 0 saturated heterocycles. The van der Waals surface area contributed by atoms with Gasteiger partial charge in [-0.3, -0.25) is 4.68 Å². The number of benzene rings is 1. The number of ether oxygens (including phenoxy) is 2. The third-order valence-corrected chi connectivity index (χ3v) is 7.07. The van der Waals surface area contributed by atoms with Crippen LogP contribution in [0.1, 0.15) is 68.3 Å². The molecular formula is C30H41ClN9O3+. The fourth-order valence-corrected chi connectivity index (χ4v) is 5.12. The van der Waals surface area contributed by atoms with E-state index in [0.717, 1.165) is 41.9 Å². The molecule has 0 saturated carbocycles. The Labute approximate surface area is 257 Å². The average Bonchev–Trinajstić information content (AvgIpc) is 3.42. The second-order valence-corrected chi connectivity index (χ2v) is 11.9. The van der Waals surface area contributed by atoms with Crippen LogP contribution in [0.5, 0.6) is 5.75 Å². The number of aryl methyl sites for hydroxylation is 3. The highest BCUT2D eigenvalue weighted by atomic mass is 35.5. The minimum absolute atomic E-state index is 0.0155. The summed E-state index contributed by atoms with van der Waals surface area (Å²) >= 11 is 6.13. The Morgan fingerprint density at radius 3 is 2.60 bits per heavy atom. The van der Waals surface area contributed by atoms with Crippen LogP contribution in [-0.2, 0) is 31.3 Å². The Bertz CT molecular complexity index is 1620. The summed E-state index contributed by atoms with van der Waals surface area (Å²) in [4.78, 5) is 25.8. The van der Waals surface area contributed by atoms with Gasteiger partial charge in [0, 0.05) is 12.7 Å². The Morgan fingerprint density at radius 1 is 1.21 bits per heavy atom. The monoisotopic (exact) mass is 610 g/mol. The van der Waals surface area contributed by atoms with Crippen molar-refractivity contribution in [3.05, 3.63) is 52.5 Å². The number of carbonyl (C=O) groups is 1. The molecule has 3 aromatic heterocycles. The first-order chi connectivity index (χ1) is 20.4. The molecule has 4 rings (SSSR count). The lowest BCUT2D eigenvalue weighted by atomic mass is 9.85. The average molecular weight is 611 g/mol. The number of nitrogen functional groups attached to an aromatic ring is 1. The number of aromatic nitrogens is 7. The van der Waals surface area contributed by atoms with Gasteiger partial charge in [-0.2, -0.15) is 14.8 Å². The lowest BCUT2D eigenvalue weighted by Gasteiger charge is -2.22. The molecule has 0 atom stereocenters. The third kappa shape index (κ3) is 6.90. The number of nitrogens with one attached hydrogen (secondary N) is 1. The maximum absolute atomic E-state index is 12.7. The molecule has 4 aromatic rings. The maximum Gasteiger partial charge on any atom is 0.355 e.